The maximum absolute atomic E-state index is 13.4. The van der Waals surface area contributed by atoms with Crippen molar-refractivity contribution in [2.45, 2.75) is 6.10 Å². The van der Waals surface area contributed by atoms with Gasteiger partial charge in [-0.1, -0.05) is 11.6 Å². The molecule has 4 N–H and O–H groups in total. The van der Waals surface area contributed by atoms with E-state index in [2.05, 4.69) is 4.74 Å². The quantitative estimate of drug-likeness (QED) is 0.736. The van der Waals surface area contributed by atoms with Crippen LogP contribution in [-0.2, 0) is 0 Å². The Labute approximate surface area is 91.0 Å². The molecule has 0 saturated heterocycles. The van der Waals surface area contributed by atoms with Gasteiger partial charge in [-0.25, -0.2) is 0 Å². The van der Waals surface area contributed by atoms with Gasteiger partial charge in [0.05, 0.1) is 18.2 Å². The topological polar surface area (TPSA) is 75.7 Å². The number of aliphatic hydroxyl groups excluding tert-OH is 1. The van der Waals surface area contributed by atoms with E-state index in [0.717, 1.165) is 0 Å². The fourth-order valence-electron chi connectivity index (χ4n) is 1.18. The van der Waals surface area contributed by atoms with Crippen molar-refractivity contribution in [2.24, 2.45) is 5.73 Å². The summed E-state index contributed by atoms with van der Waals surface area (Å²) in [6.07, 6.45) is -1.16. The van der Waals surface area contributed by atoms with Gasteiger partial charge in [-0.05, 0) is 6.07 Å². The summed E-state index contributed by atoms with van der Waals surface area (Å²) < 4.78 is 18.1. The molecule has 1 atom stereocenters. The molecule has 84 valence electrons. The Kier molecular flexibility index (Phi) is 3.73. The van der Waals surface area contributed by atoms with Gasteiger partial charge in [-0.3, -0.25) is 0 Å². The van der Waals surface area contributed by atoms with Crippen molar-refractivity contribution in [3.63, 3.8) is 0 Å². The highest BCUT2D eigenvalue weighted by Crippen LogP contribution is 2.38. The summed E-state index contributed by atoms with van der Waals surface area (Å²) in [7, 11) is 1.22. The monoisotopic (exact) mass is 235 g/mol. The van der Waals surface area contributed by atoms with Crippen LogP contribution in [0.4, 0.5) is 4.39 Å². The predicted octanol–water partition coefficient (Wildman–Crippen LogP) is 1.19. The van der Waals surface area contributed by atoms with Crippen molar-refractivity contribution >= 4 is 11.6 Å². The summed E-state index contributed by atoms with van der Waals surface area (Å²) in [6.45, 7) is -0.143. The van der Waals surface area contributed by atoms with Gasteiger partial charge in [0.15, 0.2) is 11.5 Å². The number of phenolic OH excluding ortho intramolecular Hbond substituents is 1. The first-order valence-electron chi connectivity index (χ1n) is 4.15. The molecule has 6 heteroatoms. The number of aliphatic hydroxyl groups is 1. The van der Waals surface area contributed by atoms with E-state index in [1.54, 1.807) is 0 Å². The average Bonchev–Trinajstić information content (AvgIpc) is 2.23. The van der Waals surface area contributed by atoms with Gasteiger partial charge in [-0.15, -0.1) is 0 Å². The Morgan fingerprint density at radius 2 is 2.27 bits per heavy atom. The van der Waals surface area contributed by atoms with Gasteiger partial charge < -0.3 is 20.7 Å². The van der Waals surface area contributed by atoms with Gasteiger partial charge in [0.1, 0.15) is 0 Å². The number of hydrogen-bond donors (Lipinski definition) is 3. The third kappa shape index (κ3) is 2.14. The normalized spacial score (nSPS) is 12.6. The zero-order chi connectivity index (χ0) is 11.6. The minimum Gasteiger partial charge on any atom is -0.504 e. The first kappa shape index (κ1) is 12.0. The molecule has 0 aliphatic heterocycles. The maximum Gasteiger partial charge on any atom is 0.208 e. The summed E-state index contributed by atoms with van der Waals surface area (Å²) in [5.74, 6) is -1.97. The van der Waals surface area contributed by atoms with Crippen LogP contribution in [0.15, 0.2) is 6.07 Å². The fourth-order valence-corrected chi connectivity index (χ4v) is 1.46. The molecule has 1 aromatic carbocycles. The predicted molar refractivity (Wildman–Crippen MR) is 53.6 cm³/mol. The number of ether oxygens (including phenoxy) is 1. The molecule has 0 radical (unpaired) electrons. The lowest BCUT2D eigenvalue weighted by Gasteiger charge is -2.13. The Morgan fingerprint density at radius 1 is 1.67 bits per heavy atom. The number of phenols is 1. The number of halogens is 2. The lowest BCUT2D eigenvalue weighted by atomic mass is 10.1. The summed E-state index contributed by atoms with van der Waals surface area (Å²) >= 11 is 5.68. The minimum atomic E-state index is -1.16. The third-order valence-electron chi connectivity index (χ3n) is 1.97. The second-order valence-electron chi connectivity index (χ2n) is 2.89. The van der Waals surface area contributed by atoms with Crippen LogP contribution >= 0.6 is 11.6 Å². The molecular formula is C9H11ClFNO3. The van der Waals surface area contributed by atoms with E-state index >= 15 is 0 Å². The van der Waals surface area contributed by atoms with Gasteiger partial charge >= 0.3 is 0 Å². The third-order valence-corrected chi connectivity index (χ3v) is 2.25. The van der Waals surface area contributed by atoms with E-state index in [1.165, 1.54) is 13.2 Å². The largest absolute Gasteiger partial charge is 0.504 e. The smallest absolute Gasteiger partial charge is 0.208 e. The summed E-state index contributed by atoms with van der Waals surface area (Å²) in [6, 6.07) is 1.22. The van der Waals surface area contributed by atoms with Crippen molar-refractivity contribution in [3.8, 4) is 11.5 Å². The van der Waals surface area contributed by atoms with Crippen LogP contribution in [0.2, 0.25) is 5.02 Å². The Bertz CT molecular complexity index is 373. The van der Waals surface area contributed by atoms with E-state index in [-0.39, 0.29) is 22.9 Å². The van der Waals surface area contributed by atoms with E-state index in [9.17, 15) is 14.6 Å². The Balaban J connectivity index is 3.33. The van der Waals surface area contributed by atoms with Crippen LogP contribution in [0.1, 0.15) is 11.7 Å². The van der Waals surface area contributed by atoms with Gasteiger partial charge in [-0.2, -0.15) is 4.39 Å². The highest BCUT2D eigenvalue weighted by atomic mass is 35.5. The van der Waals surface area contributed by atoms with Gasteiger partial charge in [0, 0.05) is 12.1 Å². The molecule has 15 heavy (non-hydrogen) atoms. The summed E-state index contributed by atoms with van der Waals surface area (Å²) in [4.78, 5) is 0. The molecule has 0 bridgehead atoms. The van der Waals surface area contributed by atoms with Crippen LogP contribution in [0.25, 0.3) is 0 Å². The van der Waals surface area contributed by atoms with Crippen molar-refractivity contribution < 1.29 is 19.3 Å². The molecule has 4 nitrogen and oxygen atoms in total. The molecule has 1 aromatic rings. The van der Waals surface area contributed by atoms with Crippen LogP contribution in [0.3, 0.4) is 0 Å². The molecule has 0 spiro atoms. The van der Waals surface area contributed by atoms with E-state index in [4.69, 9.17) is 17.3 Å². The molecule has 0 aliphatic carbocycles. The highest BCUT2D eigenvalue weighted by Gasteiger charge is 2.21. The first-order chi connectivity index (χ1) is 7.02. The van der Waals surface area contributed by atoms with E-state index in [1.807, 2.05) is 0 Å². The van der Waals surface area contributed by atoms with Gasteiger partial charge in [0.2, 0.25) is 5.82 Å². The number of rotatable bonds is 3. The molecule has 0 amide bonds. The van der Waals surface area contributed by atoms with Gasteiger partial charge in [0.25, 0.3) is 0 Å². The van der Waals surface area contributed by atoms with Crippen LogP contribution in [0, 0.1) is 5.82 Å². The first-order valence-corrected chi connectivity index (χ1v) is 4.53. The average molecular weight is 236 g/mol. The zero-order valence-electron chi connectivity index (χ0n) is 8.00. The number of benzene rings is 1. The van der Waals surface area contributed by atoms with Crippen LogP contribution in [0.5, 0.6) is 11.5 Å². The summed E-state index contributed by atoms with van der Waals surface area (Å²) in [5.41, 5.74) is 5.13. The lowest BCUT2D eigenvalue weighted by molar-refractivity contribution is 0.181. The molecular weight excluding hydrogens is 225 g/mol. The lowest BCUT2D eigenvalue weighted by Crippen LogP contribution is -2.12. The molecule has 0 fully saturated rings. The van der Waals surface area contributed by atoms with E-state index < -0.39 is 17.7 Å². The number of methoxy groups -OCH3 is 1. The van der Waals surface area contributed by atoms with Crippen LogP contribution < -0.4 is 10.5 Å². The molecule has 0 aromatic heterocycles. The SMILES string of the molecule is COc1c(Cl)cc(C(O)CN)c(O)c1F. The maximum atomic E-state index is 13.4. The van der Waals surface area contributed by atoms with E-state index in [0.29, 0.717) is 0 Å². The molecule has 1 rings (SSSR count). The Morgan fingerprint density at radius 3 is 2.73 bits per heavy atom. The number of hydrogen-bond acceptors (Lipinski definition) is 4. The van der Waals surface area contributed by atoms with Crippen LogP contribution in [-0.4, -0.2) is 23.9 Å². The van der Waals surface area contributed by atoms with Crippen molar-refractivity contribution in [1.29, 1.82) is 0 Å². The van der Waals surface area contributed by atoms with Crippen molar-refractivity contribution in [1.82, 2.24) is 0 Å². The standard InChI is InChI=1S/C9H11ClFNO3/c1-15-9-5(10)2-4(6(13)3-12)8(14)7(9)11/h2,6,13-14H,3,12H2,1H3. The molecule has 0 aliphatic rings. The molecule has 1 unspecified atom stereocenters. The fraction of sp³-hybridized carbons (Fsp3) is 0.333. The van der Waals surface area contributed by atoms with Crippen molar-refractivity contribution in [2.75, 3.05) is 13.7 Å². The van der Waals surface area contributed by atoms with Crippen molar-refractivity contribution in [3.05, 3.63) is 22.5 Å². The molecule has 0 saturated carbocycles. The second kappa shape index (κ2) is 4.65. The second-order valence-corrected chi connectivity index (χ2v) is 3.30. The number of nitrogens with two attached hydrogens (primary N) is 1. The minimum absolute atomic E-state index is 0.0321. The number of aromatic hydroxyl groups is 1. The zero-order valence-corrected chi connectivity index (χ0v) is 8.75. The molecule has 0 heterocycles. The highest BCUT2D eigenvalue weighted by molar-refractivity contribution is 6.32. The summed E-state index contributed by atoms with van der Waals surface area (Å²) in [5, 5.41) is 18.7. The Hall–Kier alpha value is -1.04.